The molecule has 0 bridgehead atoms. The molecule has 0 radical (unpaired) electrons. The number of furan rings is 2. The van der Waals surface area contributed by atoms with Crippen molar-refractivity contribution in [3.8, 4) is 0 Å². The first-order valence-corrected chi connectivity index (χ1v) is 24.2. The Hall–Kier alpha value is -7.18. The number of anilines is 8. The maximum Gasteiger partial charge on any atom is 0.252 e. The van der Waals surface area contributed by atoms with Crippen LogP contribution in [-0.4, -0.2) is 12.3 Å². The monoisotopic (exact) mass is 869 g/mol. The van der Waals surface area contributed by atoms with Crippen LogP contribution >= 0.6 is 0 Å². The molecule has 10 aromatic rings. The fourth-order valence-corrected chi connectivity index (χ4v) is 13.2. The molecule has 2 unspecified atom stereocenters. The van der Waals surface area contributed by atoms with Crippen LogP contribution in [0, 0.1) is 6.92 Å². The van der Waals surface area contributed by atoms with Gasteiger partial charge in [0.2, 0.25) is 0 Å². The Bertz CT molecular complexity index is 3740. The second-order valence-corrected chi connectivity index (χ2v) is 21.3. The van der Waals surface area contributed by atoms with E-state index in [0.29, 0.717) is 0 Å². The van der Waals surface area contributed by atoms with Crippen LogP contribution in [0.15, 0.2) is 167 Å². The molecule has 0 spiro atoms. The zero-order valence-electron chi connectivity index (χ0n) is 39.1. The number of rotatable bonds is 3. The van der Waals surface area contributed by atoms with Crippen molar-refractivity contribution in [1.29, 1.82) is 0 Å². The Labute approximate surface area is 392 Å². The van der Waals surface area contributed by atoms with Gasteiger partial charge in [0.25, 0.3) is 6.71 Å². The van der Waals surface area contributed by atoms with Crippen LogP contribution < -0.4 is 31.1 Å². The third-order valence-electron chi connectivity index (χ3n) is 16.6. The van der Waals surface area contributed by atoms with Crippen molar-refractivity contribution < 1.29 is 8.83 Å². The molecular formula is C61H52BN3O2. The summed E-state index contributed by atoms with van der Waals surface area (Å²) in [7, 11) is 0. The predicted molar refractivity (Wildman–Crippen MR) is 281 cm³/mol. The Kier molecular flexibility index (Phi) is 7.85. The Morgan fingerprint density at radius 2 is 1.13 bits per heavy atom. The molecule has 67 heavy (non-hydrogen) atoms. The SMILES string of the molecule is Cc1cc2c3c(c1)N(c1cccc4oc5ccccc5c14)c1cc(C(C)(C)C)ccc1B3c1ccc(N3c4ccccc4C4(C)CCCCC34C)cc1N2c1ccc2c(c1)oc1ccccc12. The Balaban J connectivity index is 1.07. The summed E-state index contributed by atoms with van der Waals surface area (Å²) in [6.07, 6.45) is 4.83. The van der Waals surface area contributed by atoms with Crippen LogP contribution in [0.2, 0.25) is 0 Å². The molecule has 1 aliphatic carbocycles. The fourth-order valence-electron chi connectivity index (χ4n) is 13.2. The number of hydrogen-bond acceptors (Lipinski definition) is 5. The van der Waals surface area contributed by atoms with Gasteiger partial charge < -0.3 is 23.5 Å². The number of aryl methyl sites for hydroxylation is 1. The summed E-state index contributed by atoms with van der Waals surface area (Å²) in [5, 5.41) is 4.51. The van der Waals surface area contributed by atoms with Crippen molar-refractivity contribution in [2.45, 2.75) is 83.6 Å². The molecule has 6 heteroatoms. The lowest BCUT2D eigenvalue weighted by Crippen LogP contribution is -2.61. The summed E-state index contributed by atoms with van der Waals surface area (Å²) in [5.41, 5.74) is 21.0. The van der Waals surface area contributed by atoms with Gasteiger partial charge in [-0.05, 0) is 138 Å². The van der Waals surface area contributed by atoms with Crippen molar-refractivity contribution in [1.82, 2.24) is 0 Å². The highest BCUT2D eigenvalue weighted by Gasteiger charge is 2.58. The van der Waals surface area contributed by atoms with Crippen molar-refractivity contribution in [2.75, 3.05) is 14.7 Å². The highest BCUT2D eigenvalue weighted by molar-refractivity contribution is 7.00. The molecule has 8 aromatic carbocycles. The van der Waals surface area contributed by atoms with Crippen LogP contribution in [0.4, 0.5) is 45.5 Å². The largest absolute Gasteiger partial charge is 0.456 e. The van der Waals surface area contributed by atoms with Crippen molar-refractivity contribution in [3.05, 3.63) is 174 Å². The molecule has 4 aliphatic rings. The molecule has 2 aromatic heterocycles. The van der Waals surface area contributed by atoms with Gasteiger partial charge in [-0.1, -0.05) is 119 Å². The molecule has 326 valence electrons. The average Bonchev–Trinajstić information content (AvgIpc) is 3.96. The Morgan fingerprint density at radius 1 is 0.507 bits per heavy atom. The molecule has 5 nitrogen and oxygen atoms in total. The maximum absolute atomic E-state index is 6.66. The molecular weight excluding hydrogens is 818 g/mol. The normalized spacial score (nSPS) is 19.6. The highest BCUT2D eigenvalue weighted by Crippen LogP contribution is 2.61. The van der Waals surface area contributed by atoms with Crippen LogP contribution in [0.3, 0.4) is 0 Å². The minimum Gasteiger partial charge on any atom is -0.456 e. The lowest BCUT2D eigenvalue weighted by atomic mass is 9.33. The number of hydrogen-bond donors (Lipinski definition) is 0. The highest BCUT2D eigenvalue weighted by atomic mass is 16.3. The molecule has 0 saturated heterocycles. The first-order chi connectivity index (χ1) is 32.5. The lowest BCUT2D eigenvalue weighted by molar-refractivity contribution is 0.195. The predicted octanol–water partition coefficient (Wildman–Crippen LogP) is 14.9. The second kappa shape index (κ2) is 13.5. The van der Waals surface area contributed by atoms with E-state index in [4.69, 9.17) is 8.83 Å². The van der Waals surface area contributed by atoms with Gasteiger partial charge in [-0.2, -0.15) is 0 Å². The summed E-state index contributed by atoms with van der Waals surface area (Å²) >= 11 is 0. The molecule has 14 rings (SSSR count). The van der Waals surface area contributed by atoms with E-state index in [-0.39, 0.29) is 23.1 Å². The van der Waals surface area contributed by atoms with E-state index in [9.17, 15) is 0 Å². The van der Waals surface area contributed by atoms with Crippen LogP contribution in [-0.2, 0) is 10.8 Å². The van der Waals surface area contributed by atoms with E-state index in [0.717, 1.165) is 61.7 Å². The summed E-state index contributed by atoms with van der Waals surface area (Å²) in [6.45, 7) is 14.3. The smallest absolute Gasteiger partial charge is 0.252 e. The molecule has 5 heterocycles. The van der Waals surface area contributed by atoms with Gasteiger partial charge >= 0.3 is 0 Å². The average molecular weight is 870 g/mol. The van der Waals surface area contributed by atoms with Crippen molar-refractivity contribution >= 4 is 112 Å². The van der Waals surface area contributed by atoms with Crippen LogP contribution in [0.5, 0.6) is 0 Å². The van der Waals surface area contributed by atoms with Gasteiger partial charge in [0.15, 0.2) is 0 Å². The zero-order chi connectivity index (χ0) is 45.1. The minimum absolute atomic E-state index is 0.0252. The van der Waals surface area contributed by atoms with Crippen molar-refractivity contribution in [3.63, 3.8) is 0 Å². The fraction of sp³-hybridized carbons (Fsp3) is 0.213. The van der Waals surface area contributed by atoms with E-state index in [1.54, 1.807) is 0 Å². The van der Waals surface area contributed by atoms with Crippen molar-refractivity contribution in [2.24, 2.45) is 0 Å². The summed E-state index contributed by atoms with van der Waals surface area (Å²) in [4.78, 5) is 7.84. The van der Waals surface area contributed by atoms with Gasteiger partial charge in [0.1, 0.15) is 22.3 Å². The van der Waals surface area contributed by atoms with Gasteiger partial charge in [-0.15, -0.1) is 0 Å². The first-order valence-electron chi connectivity index (χ1n) is 24.2. The van der Waals surface area contributed by atoms with Crippen LogP contribution in [0.1, 0.15) is 77.0 Å². The number of nitrogens with zero attached hydrogens (tertiary/aromatic N) is 3. The van der Waals surface area contributed by atoms with E-state index in [1.807, 2.05) is 0 Å². The standard InChI is InChI=1S/C61H52BN3O2/c1-37-32-51-58-52(33-37)64(48-20-15-23-55-57(48)43-17-8-12-22-54(43)66-55)49-34-38(59(2,3)4)24-28-45(49)62(58)46-29-26-40(65-47-19-10-9-18-44(47)60(5)30-13-14-31-61(60,65)6)35-50(46)63(51)39-25-27-42-41-16-7-11-21-53(41)67-56(42)36-39/h7-12,15-29,32-36H,13-14,30-31H2,1-6H3. The van der Waals surface area contributed by atoms with Gasteiger partial charge in [-0.25, -0.2) is 0 Å². The molecule has 1 saturated carbocycles. The quantitative estimate of drug-likeness (QED) is 0.165. The van der Waals surface area contributed by atoms with E-state index in [2.05, 4.69) is 214 Å². The maximum atomic E-state index is 6.66. The van der Waals surface area contributed by atoms with Crippen LogP contribution in [0.25, 0.3) is 43.9 Å². The second-order valence-electron chi connectivity index (χ2n) is 21.3. The minimum atomic E-state index is -0.0723. The summed E-state index contributed by atoms with van der Waals surface area (Å²) in [6, 6.07) is 59.1. The molecule has 0 amide bonds. The number of benzene rings is 8. The van der Waals surface area contributed by atoms with Gasteiger partial charge in [-0.3, -0.25) is 0 Å². The molecule has 0 N–H and O–H groups in total. The molecule has 1 fully saturated rings. The topological polar surface area (TPSA) is 36.0 Å². The van der Waals surface area contributed by atoms with E-state index < -0.39 is 0 Å². The zero-order valence-corrected chi connectivity index (χ0v) is 39.1. The van der Waals surface area contributed by atoms with Gasteiger partial charge in [0, 0.05) is 67.5 Å². The Morgan fingerprint density at radius 3 is 1.96 bits per heavy atom. The summed E-state index contributed by atoms with van der Waals surface area (Å²) < 4.78 is 13.3. The number of para-hydroxylation sites is 3. The lowest BCUT2D eigenvalue weighted by Gasteiger charge is -2.50. The van der Waals surface area contributed by atoms with E-state index in [1.165, 1.54) is 86.5 Å². The molecule has 2 atom stereocenters. The third kappa shape index (κ3) is 5.22. The first kappa shape index (κ1) is 39.0. The number of fused-ring (bicyclic) bond motifs is 13. The third-order valence-corrected chi connectivity index (χ3v) is 16.6. The molecule has 3 aliphatic heterocycles. The van der Waals surface area contributed by atoms with Gasteiger partial charge in [0.05, 0.1) is 16.6 Å². The summed E-state index contributed by atoms with van der Waals surface area (Å²) in [5.74, 6) is 0. The van der Waals surface area contributed by atoms with E-state index >= 15 is 0 Å².